The van der Waals surface area contributed by atoms with Crippen LogP contribution in [0.15, 0.2) is 59.6 Å². The van der Waals surface area contributed by atoms with Crippen LogP contribution in [0.4, 0.5) is 0 Å². The Kier molecular flexibility index (Phi) is 5.43. The van der Waals surface area contributed by atoms with Crippen LogP contribution in [-0.2, 0) is 10.2 Å². The molecule has 0 N–H and O–H groups in total. The number of rotatable bonds is 5. The molecule has 126 valence electrons. The molecule has 0 spiro atoms. The van der Waals surface area contributed by atoms with Crippen molar-refractivity contribution in [3.63, 3.8) is 0 Å². The summed E-state index contributed by atoms with van der Waals surface area (Å²) in [5, 5.41) is 1.21. The summed E-state index contributed by atoms with van der Waals surface area (Å²) in [5.74, 6) is 0.813. The molecule has 0 radical (unpaired) electrons. The van der Waals surface area contributed by atoms with Crippen LogP contribution in [-0.4, -0.2) is 33.5 Å². The van der Waals surface area contributed by atoms with Crippen LogP contribution < -0.4 is 4.46 Å². The monoisotopic (exact) mass is 387 g/mol. The number of ether oxygens (including phenoxy) is 1. The predicted octanol–water partition coefficient (Wildman–Crippen LogP) is 3.97. The third-order valence-electron chi connectivity index (χ3n) is 4.17. The van der Waals surface area contributed by atoms with E-state index in [0.29, 0.717) is 21.0 Å². The Morgan fingerprint density at radius 2 is 1.75 bits per heavy atom. The van der Waals surface area contributed by atoms with Crippen molar-refractivity contribution in [3.05, 3.63) is 65.7 Å². The number of hydrogen-bond donors (Lipinski definition) is 0. The molecular weight excluding hydrogens is 361 g/mol. The van der Waals surface area contributed by atoms with Gasteiger partial charge >= 0.3 is 151 Å². The summed E-state index contributed by atoms with van der Waals surface area (Å²) in [4.78, 5) is 4.79. The van der Waals surface area contributed by atoms with Crippen molar-refractivity contribution >= 4 is 25.3 Å². The summed E-state index contributed by atoms with van der Waals surface area (Å²) < 4.78 is 7.30. The van der Waals surface area contributed by atoms with E-state index in [1.54, 1.807) is 0 Å². The van der Waals surface area contributed by atoms with Crippen molar-refractivity contribution in [1.82, 2.24) is 0 Å². The molecule has 0 saturated carbocycles. The molecular formula is C21H25NOSe. The second-order valence-electron chi connectivity index (χ2n) is 7.18. The minimum absolute atomic E-state index is 0.179. The predicted molar refractivity (Wildman–Crippen MR) is 103 cm³/mol. The van der Waals surface area contributed by atoms with E-state index in [-0.39, 0.29) is 5.41 Å². The second-order valence-corrected chi connectivity index (χ2v) is 9.63. The van der Waals surface area contributed by atoms with E-state index >= 15 is 0 Å². The van der Waals surface area contributed by atoms with Crippen LogP contribution in [0.2, 0.25) is 5.32 Å². The summed E-state index contributed by atoms with van der Waals surface area (Å²) in [6, 6.07) is 19.7. The fourth-order valence-electron chi connectivity index (χ4n) is 2.66. The topological polar surface area (TPSA) is 21.6 Å². The average molecular weight is 386 g/mol. The molecule has 0 aliphatic carbocycles. The minimum atomic E-state index is 0.179. The molecule has 0 saturated heterocycles. The van der Waals surface area contributed by atoms with Gasteiger partial charge in [0.15, 0.2) is 0 Å². The molecule has 1 aliphatic rings. The second kappa shape index (κ2) is 7.55. The van der Waals surface area contributed by atoms with Crippen molar-refractivity contribution in [2.24, 2.45) is 4.99 Å². The van der Waals surface area contributed by atoms with Gasteiger partial charge in [-0.1, -0.05) is 0 Å². The van der Waals surface area contributed by atoms with Gasteiger partial charge in [-0.25, -0.2) is 0 Å². The summed E-state index contributed by atoms with van der Waals surface area (Å²) in [5.41, 5.74) is 2.62. The van der Waals surface area contributed by atoms with Gasteiger partial charge in [-0.05, 0) is 0 Å². The summed E-state index contributed by atoms with van der Waals surface area (Å²) >= 11 is 0.536. The van der Waals surface area contributed by atoms with Gasteiger partial charge < -0.3 is 0 Å². The van der Waals surface area contributed by atoms with Crippen molar-refractivity contribution in [2.75, 3.05) is 6.61 Å². The van der Waals surface area contributed by atoms with E-state index in [0.717, 1.165) is 24.5 Å². The molecule has 0 unspecified atom stereocenters. The Morgan fingerprint density at radius 3 is 2.42 bits per heavy atom. The maximum atomic E-state index is 5.84. The third-order valence-corrected chi connectivity index (χ3v) is 6.37. The van der Waals surface area contributed by atoms with Crippen molar-refractivity contribution in [2.45, 2.75) is 44.0 Å². The molecule has 1 aliphatic heterocycles. The quantitative estimate of drug-likeness (QED) is 0.713. The third kappa shape index (κ3) is 4.49. The van der Waals surface area contributed by atoms with Gasteiger partial charge in [0.25, 0.3) is 0 Å². The van der Waals surface area contributed by atoms with E-state index in [1.807, 2.05) is 0 Å². The first kappa shape index (κ1) is 17.3. The van der Waals surface area contributed by atoms with Gasteiger partial charge in [-0.3, -0.25) is 0 Å². The molecule has 2 nitrogen and oxygen atoms in total. The van der Waals surface area contributed by atoms with E-state index in [4.69, 9.17) is 9.73 Å². The number of aliphatic imine (C=N–C) groups is 1. The SMILES string of the molecule is CC(C)(C)c1ccc(C2=N[C@@H](CC[Se]c3ccccc3)CO2)cc1. The van der Waals surface area contributed by atoms with Crippen LogP contribution >= 0.6 is 0 Å². The average Bonchev–Trinajstić information content (AvgIpc) is 3.04. The molecule has 24 heavy (non-hydrogen) atoms. The van der Waals surface area contributed by atoms with E-state index in [9.17, 15) is 0 Å². The maximum absolute atomic E-state index is 5.84. The number of benzene rings is 2. The zero-order chi connectivity index (χ0) is 17.0. The standard InChI is InChI=1S/C21H25NOSe/c1-21(2,3)17-11-9-16(10-12-17)20-22-18(15-23-20)13-14-24-19-7-5-4-6-8-19/h4-12,18H,13-15H2,1-3H3/t18-/m0/s1. The van der Waals surface area contributed by atoms with Crippen LogP contribution in [0.25, 0.3) is 0 Å². The first-order valence-electron chi connectivity index (χ1n) is 8.52. The van der Waals surface area contributed by atoms with Gasteiger partial charge in [-0.2, -0.15) is 0 Å². The molecule has 0 fully saturated rings. The fourth-order valence-corrected chi connectivity index (χ4v) is 4.71. The number of nitrogens with zero attached hydrogens (tertiary/aromatic N) is 1. The van der Waals surface area contributed by atoms with Gasteiger partial charge in [0.05, 0.1) is 0 Å². The Hall–Kier alpha value is -1.57. The first-order valence-corrected chi connectivity index (χ1v) is 10.6. The van der Waals surface area contributed by atoms with E-state index < -0.39 is 0 Å². The fraction of sp³-hybridized carbons (Fsp3) is 0.381. The van der Waals surface area contributed by atoms with Gasteiger partial charge in [-0.15, -0.1) is 0 Å². The zero-order valence-corrected chi connectivity index (χ0v) is 16.4. The molecule has 1 atom stereocenters. The molecule has 0 aromatic heterocycles. The molecule has 3 heteroatoms. The normalized spacial score (nSPS) is 17.5. The van der Waals surface area contributed by atoms with Crippen molar-refractivity contribution in [1.29, 1.82) is 0 Å². The molecule has 3 rings (SSSR count). The van der Waals surface area contributed by atoms with Gasteiger partial charge in [0.2, 0.25) is 0 Å². The molecule has 2 aromatic carbocycles. The summed E-state index contributed by atoms with van der Waals surface area (Å²) in [6.07, 6.45) is 1.11. The molecule has 0 amide bonds. The number of hydrogen-bond acceptors (Lipinski definition) is 2. The summed E-state index contributed by atoms with van der Waals surface area (Å²) in [6.45, 7) is 7.42. The summed E-state index contributed by atoms with van der Waals surface area (Å²) in [7, 11) is 0. The molecule has 1 heterocycles. The van der Waals surface area contributed by atoms with Gasteiger partial charge in [0.1, 0.15) is 0 Å². The van der Waals surface area contributed by atoms with Crippen LogP contribution in [0, 0.1) is 0 Å². The first-order chi connectivity index (χ1) is 11.5. The van der Waals surface area contributed by atoms with Crippen LogP contribution in [0.1, 0.15) is 38.3 Å². The Balaban J connectivity index is 1.55. The molecule has 2 aromatic rings. The van der Waals surface area contributed by atoms with E-state index in [1.165, 1.54) is 15.3 Å². The zero-order valence-electron chi connectivity index (χ0n) is 14.7. The van der Waals surface area contributed by atoms with Crippen LogP contribution in [0.5, 0.6) is 0 Å². The van der Waals surface area contributed by atoms with E-state index in [2.05, 4.69) is 75.4 Å². The van der Waals surface area contributed by atoms with Gasteiger partial charge in [0, 0.05) is 0 Å². The van der Waals surface area contributed by atoms with Crippen molar-refractivity contribution < 1.29 is 4.74 Å². The van der Waals surface area contributed by atoms with Crippen LogP contribution in [0.3, 0.4) is 0 Å². The Labute approximate surface area is 151 Å². The Morgan fingerprint density at radius 1 is 1.04 bits per heavy atom. The van der Waals surface area contributed by atoms with Crippen molar-refractivity contribution in [3.8, 4) is 0 Å². The molecule has 0 bridgehead atoms. The Bertz CT molecular complexity index is 686.